The summed E-state index contributed by atoms with van der Waals surface area (Å²) in [7, 11) is 3.10. The van der Waals surface area contributed by atoms with Gasteiger partial charge in [0.05, 0.1) is 5.69 Å². The summed E-state index contributed by atoms with van der Waals surface area (Å²) in [5, 5.41) is 6.46. The van der Waals surface area contributed by atoms with Crippen LogP contribution in [0, 0.1) is 5.92 Å². The molecule has 0 aliphatic heterocycles. The number of carbonyl (C=O) groups excluding carboxylic acids is 2. The Balaban J connectivity index is 1.78. The van der Waals surface area contributed by atoms with Crippen LogP contribution in [0.4, 0.5) is 0 Å². The number of aromatic amines is 1. The van der Waals surface area contributed by atoms with Crippen molar-refractivity contribution in [3.63, 3.8) is 0 Å². The van der Waals surface area contributed by atoms with Crippen molar-refractivity contribution in [2.75, 3.05) is 14.2 Å². The second kappa shape index (κ2) is 7.63. The van der Waals surface area contributed by atoms with E-state index in [0.29, 0.717) is 17.2 Å². The molecule has 1 fully saturated rings. The van der Waals surface area contributed by atoms with E-state index in [-0.39, 0.29) is 23.6 Å². The van der Waals surface area contributed by atoms with Crippen LogP contribution in [-0.4, -0.2) is 47.0 Å². The molecule has 8 nitrogen and oxygen atoms in total. The monoisotopic (exact) mass is 393 g/mol. The van der Waals surface area contributed by atoms with Crippen LogP contribution in [0.5, 0.6) is 0 Å². The lowest BCUT2D eigenvalue weighted by molar-refractivity contribution is 0.0948. The third kappa shape index (κ3) is 3.71. The molecular formula is C21H23N5O3. The predicted octanol–water partition coefficient (Wildman–Crippen LogP) is 2.19. The van der Waals surface area contributed by atoms with E-state index in [1.807, 2.05) is 12.1 Å². The SMILES string of the molecule is CNC(=O)c1cc(C(=O)N[C@H]2C[C@@H]2C)cc([C@@H](OC)c2ccnc3[nH]ccc23)n1. The number of ether oxygens (including phenoxy) is 1. The Morgan fingerprint density at radius 3 is 2.76 bits per heavy atom. The average molecular weight is 393 g/mol. The molecule has 1 saturated carbocycles. The Hall–Kier alpha value is -3.26. The van der Waals surface area contributed by atoms with Gasteiger partial charge in [0.25, 0.3) is 11.8 Å². The highest BCUT2D eigenvalue weighted by Crippen LogP contribution is 2.31. The molecule has 0 bridgehead atoms. The van der Waals surface area contributed by atoms with Crippen LogP contribution in [0.2, 0.25) is 0 Å². The van der Waals surface area contributed by atoms with E-state index in [2.05, 4.69) is 32.5 Å². The first kappa shape index (κ1) is 19.1. The second-order valence-electron chi connectivity index (χ2n) is 7.29. The zero-order valence-corrected chi connectivity index (χ0v) is 16.5. The van der Waals surface area contributed by atoms with Crippen LogP contribution in [0.25, 0.3) is 11.0 Å². The Kier molecular flexibility index (Phi) is 5.02. The summed E-state index contributed by atoms with van der Waals surface area (Å²) in [6.45, 7) is 2.09. The third-order valence-electron chi connectivity index (χ3n) is 5.27. The fourth-order valence-corrected chi connectivity index (χ4v) is 3.45. The number of nitrogens with one attached hydrogen (secondary N) is 3. The van der Waals surface area contributed by atoms with Crippen LogP contribution in [0.15, 0.2) is 36.7 Å². The van der Waals surface area contributed by atoms with E-state index in [9.17, 15) is 9.59 Å². The smallest absolute Gasteiger partial charge is 0.269 e. The summed E-state index contributed by atoms with van der Waals surface area (Å²) in [4.78, 5) is 36.9. The normalized spacial score (nSPS) is 19.0. The van der Waals surface area contributed by atoms with Gasteiger partial charge in [-0.1, -0.05) is 6.92 Å². The molecule has 3 atom stereocenters. The summed E-state index contributed by atoms with van der Waals surface area (Å²) in [6.07, 6.45) is 3.89. The van der Waals surface area contributed by atoms with E-state index in [1.165, 1.54) is 13.1 Å². The van der Waals surface area contributed by atoms with Gasteiger partial charge in [-0.05, 0) is 42.2 Å². The number of nitrogens with zero attached hydrogens (tertiary/aromatic N) is 2. The van der Waals surface area contributed by atoms with Gasteiger partial charge in [0.15, 0.2) is 0 Å². The molecule has 3 aromatic heterocycles. The number of H-pyrrole nitrogens is 1. The molecule has 3 aromatic rings. The van der Waals surface area contributed by atoms with Gasteiger partial charge in [-0.2, -0.15) is 0 Å². The van der Waals surface area contributed by atoms with Crippen LogP contribution in [-0.2, 0) is 4.74 Å². The number of amides is 2. The van der Waals surface area contributed by atoms with Gasteiger partial charge in [-0.15, -0.1) is 0 Å². The van der Waals surface area contributed by atoms with Crippen molar-refractivity contribution < 1.29 is 14.3 Å². The fourth-order valence-electron chi connectivity index (χ4n) is 3.45. The molecule has 150 valence electrons. The lowest BCUT2D eigenvalue weighted by Crippen LogP contribution is -2.28. The summed E-state index contributed by atoms with van der Waals surface area (Å²) in [6, 6.07) is 7.14. The van der Waals surface area contributed by atoms with Gasteiger partial charge in [-0.25, -0.2) is 9.97 Å². The van der Waals surface area contributed by atoms with Gasteiger partial charge in [0.1, 0.15) is 17.4 Å². The third-order valence-corrected chi connectivity index (χ3v) is 5.27. The fraction of sp³-hybridized carbons (Fsp3) is 0.333. The van der Waals surface area contributed by atoms with Crippen molar-refractivity contribution in [3.8, 4) is 0 Å². The summed E-state index contributed by atoms with van der Waals surface area (Å²) in [5.74, 6) is -0.106. The molecular weight excluding hydrogens is 370 g/mol. The molecule has 0 spiro atoms. The highest BCUT2D eigenvalue weighted by molar-refractivity contribution is 5.99. The molecule has 0 unspecified atom stereocenters. The first-order valence-corrected chi connectivity index (χ1v) is 9.51. The van der Waals surface area contributed by atoms with Crippen molar-refractivity contribution in [1.82, 2.24) is 25.6 Å². The first-order chi connectivity index (χ1) is 14.0. The minimum Gasteiger partial charge on any atom is -0.370 e. The van der Waals surface area contributed by atoms with Crippen molar-refractivity contribution in [2.24, 2.45) is 5.92 Å². The number of aromatic nitrogens is 3. The highest BCUT2D eigenvalue weighted by Gasteiger charge is 2.34. The Bertz CT molecular complexity index is 1080. The molecule has 4 rings (SSSR count). The van der Waals surface area contributed by atoms with Gasteiger partial charge in [0.2, 0.25) is 0 Å². The number of carbonyl (C=O) groups is 2. The van der Waals surface area contributed by atoms with Gasteiger partial charge in [0, 0.05) is 43.5 Å². The van der Waals surface area contributed by atoms with Crippen molar-refractivity contribution in [1.29, 1.82) is 0 Å². The van der Waals surface area contributed by atoms with E-state index in [0.717, 1.165) is 23.0 Å². The average Bonchev–Trinajstić information content (AvgIpc) is 3.21. The zero-order valence-electron chi connectivity index (χ0n) is 16.5. The molecule has 8 heteroatoms. The zero-order chi connectivity index (χ0) is 20.5. The minimum absolute atomic E-state index is 0.167. The summed E-state index contributed by atoms with van der Waals surface area (Å²) < 4.78 is 5.75. The molecule has 0 saturated heterocycles. The lowest BCUT2D eigenvalue weighted by Gasteiger charge is -2.18. The molecule has 2 amide bonds. The number of methoxy groups -OCH3 is 1. The van der Waals surface area contributed by atoms with Crippen LogP contribution in [0.3, 0.4) is 0 Å². The van der Waals surface area contributed by atoms with Gasteiger partial charge >= 0.3 is 0 Å². The van der Waals surface area contributed by atoms with Crippen LogP contribution < -0.4 is 10.6 Å². The van der Waals surface area contributed by atoms with Crippen molar-refractivity contribution in [3.05, 3.63) is 59.2 Å². The largest absolute Gasteiger partial charge is 0.370 e. The summed E-state index contributed by atoms with van der Waals surface area (Å²) >= 11 is 0. The van der Waals surface area contributed by atoms with E-state index < -0.39 is 6.10 Å². The van der Waals surface area contributed by atoms with Crippen molar-refractivity contribution in [2.45, 2.75) is 25.5 Å². The molecule has 29 heavy (non-hydrogen) atoms. The molecule has 0 aromatic carbocycles. The Labute approximate surface area is 168 Å². The lowest BCUT2D eigenvalue weighted by atomic mass is 10.0. The maximum atomic E-state index is 12.7. The Morgan fingerprint density at radius 1 is 1.28 bits per heavy atom. The quantitative estimate of drug-likeness (QED) is 0.595. The summed E-state index contributed by atoms with van der Waals surface area (Å²) in [5.41, 5.74) is 2.61. The van der Waals surface area contributed by atoms with Gasteiger partial charge < -0.3 is 20.4 Å². The molecule has 0 radical (unpaired) electrons. The van der Waals surface area contributed by atoms with Crippen LogP contribution >= 0.6 is 0 Å². The number of hydrogen-bond acceptors (Lipinski definition) is 5. The first-order valence-electron chi connectivity index (χ1n) is 9.51. The predicted molar refractivity (Wildman–Crippen MR) is 108 cm³/mol. The van der Waals surface area contributed by atoms with Gasteiger partial charge in [-0.3, -0.25) is 9.59 Å². The topological polar surface area (TPSA) is 109 Å². The Morgan fingerprint density at radius 2 is 2.07 bits per heavy atom. The van der Waals surface area contributed by atoms with Crippen LogP contribution in [0.1, 0.15) is 51.6 Å². The van der Waals surface area contributed by atoms with E-state index >= 15 is 0 Å². The standard InChI is InChI=1S/C21H23N5O3/c1-11-8-15(11)26-20(27)12-9-16(25-17(10-12)21(28)22-2)18(29-3)13-4-6-23-19-14(13)5-7-24-19/h4-7,9-11,15,18H,8H2,1-3H3,(H,22,28)(H,23,24)(H,26,27)/t11-,15-,18-/m0/s1. The maximum Gasteiger partial charge on any atom is 0.269 e. The minimum atomic E-state index is -0.563. The molecule has 3 N–H and O–H groups in total. The molecule has 1 aliphatic carbocycles. The van der Waals surface area contributed by atoms with E-state index in [4.69, 9.17) is 4.74 Å². The number of pyridine rings is 2. The van der Waals surface area contributed by atoms with E-state index in [1.54, 1.807) is 25.6 Å². The maximum absolute atomic E-state index is 12.7. The number of rotatable bonds is 6. The van der Waals surface area contributed by atoms with Crippen molar-refractivity contribution >= 4 is 22.8 Å². The highest BCUT2D eigenvalue weighted by atomic mass is 16.5. The number of fused-ring (bicyclic) bond motifs is 1. The number of hydrogen-bond donors (Lipinski definition) is 3. The molecule has 3 heterocycles. The second-order valence-corrected chi connectivity index (χ2v) is 7.29. The molecule has 1 aliphatic rings.